The van der Waals surface area contributed by atoms with E-state index >= 15 is 0 Å². The Kier molecular flexibility index (Phi) is 3.78. The number of hydrogen-bond donors (Lipinski definition) is 2. The van der Waals surface area contributed by atoms with Crippen molar-refractivity contribution in [3.63, 3.8) is 0 Å². The number of benzene rings is 2. The number of phenols is 1. The van der Waals surface area contributed by atoms with Gasteiger partial charge in [0.25, 0.3) is 10.0 Å². The van der Waals surface area contributed by atoms with Crippen molar-refractivity contribution in [2.45, 2.75) is 11.8 Å². The first-order chi connectivity index (χ1) is 9.73. The highest BCUT2D eigenvalue weighted by Gasteiger charge is 2.26. The molecule has 0 saturated heterocycles. The summed E-state index contributed by atoms with van der Waals surface area (Å²) in [5.41, 5.74) is 6.53. The van der Waals surface area contributed by atoms with E-state index in [0.29, 0.717) is 5.56 Å². The van der Waals surface area contributed by atoms with Crippen LogP contribution in [-0.4, -0.2) is 20.6 Å². The lowest BCUT2D eigenvalue weighted by Crippen LogP contribution is -2.27. The van der Waals surface area contributed by atoms with E-state index in [1.165, 1.54) is 31.3 Å². The van der Waals surface area contributed by atoms with Crippen LogP contribution in [-0.2, 0) is 10.0 Å². The Morgan fingerprint density at radius 2 is 1.90 bits per heavy atom. The highest BCUT2D eigenvalue weighted by molar-refractivity contribution is 7.92. The molecule has 2 aromatic rings. The molecule has 7 heteroatoms. The van der Waals surface area contributed by atoms with Crippen molar-refractivity contribution in [3.8, 4) is 5.75 Å². The molecule has 2 rings (SSSR count). The molecule has 0 amide bonds. The molecule has 112 valence electrons. The second kappa shape index (κ2) is 5.25. The van der Waals surface area contributed by atoms with Crippen LogP contribution in [0, 0.1) is 12.7 Å². The predicted octanol–water partition coefficient (Wildman–Crippen LogP) is 2.25. The molecule has 0 aliphatic rings. The van der Waals surface area contributed by atoms with Gasteiger partial charge in [-0.25, -0.2) is 12.8 Å². The van der Waals surface area contributed by atoms with Gasteiger partial charge in [-0.2, -0.15) is 0 Å². The van der Waals surface area contributed by atoms with Crippen LogP contribution in [0.3, 0.4) is 0 Å². The van der Waals surface area contributed by atoms with Crippen LogP contribution in [0.4, 0.5) is 15.8 Å². The molecule has 5 nitrogen and oxygen atoms in total. The van der Waals surface area contributed by atoms with Gasteiger partial charge in [-0.1, -0.05) is 6.07 Å². The van der Waals surface area contributed by atoms with E-state index in [1.807, 2.05) is 0 Å². The lowest BCUT2D eigenvalue weighted by molar-refractivity contribution is 0.475. The minimum Gasteiger partial charge on any atom is -0.508 e. The Labute approximate surface area is 122 Å². The van der Waals surface area contributed by atoms with Crippen LogP contribution < -0.4 is 10.0 Å². The third kappa shape index (κ3) is 2.78. The fraction of sp³-hybridized carbons (Fsp3) is 0.143. The molecule has 2 aromatic carbocycles. The molecule has 0 aromatic heterocycles. The zero-order valence-electron chi connectivity index (χ0n) is 11.5. The second-order valence-corrected chi connectivity index (χ2v) is 6.57. The van der Waals surface area contributed by atoms with Crippen LogP contribution in [0.15, 0.2) is 41.3 Å². The van der Waals surface area contributed by atoms with Crippen LogP contribution in [0.1, 0.15) is 5.56 Å². The van der Waals surface area contributed by atoms with Crippen molar-refractivity contribution in [1.29, 1.82) is 0 Å². The SMILES string of the molecule is Cc1cc(F)c(S(=O)(=O)N(C)c2cccc(O)c2)cc1N. The van der Waals surface area contributed by atoms with Gasteiger partial charge in [0.2, 0.25) is 0 Å². The molecule has 0 spiro atoms. The fourth-order valence-corrected chi connectivity index (χ4v) is 3.11. The van der Waals surface area contributed by atoms with E-state index in [-0.39, 0.29) is 17.1 Å². The normalized spacial score (nSPS) is 11.4. The number of hydrogen-bond acceptors (Lipinski definition) is 4. The third-order valence-corrected chi connectivity index (χ3v) is 4.95. The minimum absolute atomic E-state index is 0.0848. The third-order valence-electron chi connectivity index (χ3n) is 3.15. The first kappa shape index (κ1) is 15.1. The average molecular weight is 310 g/mol. The number of aryl methyl sites for hydroxylation is 1. The van der Waals surface area contributed by atoms with Crippen LogP contribution in [0.5, 0.6) is 5.75 Å². The molecule has 0 aliphatic heterocycles. The van der Waals surface area contributed by atoms with Gasteiger partial charge in [0.1, 0.15) is 16.5 Å². The van der Waals surface area contributed by atoms with E-state index < -0.39 is 20.7 Å². The van der Waals surface area contributed by atoms with Gasteiger partial charge in [0.05, 0.1) is 5.69 Å². The summed E-state index contributed by atoms with van der Waals surface area (Å²) in [7, 11) is -2.83. The molecule has 3 N–H and O–H groups in total. The summed E-state index contributed by atoms with van der Waals surface area (Å²) < 4.78 is 39.8. The highest BCUT2D eigenvalue weighted by atomic mass is 32.2. The second-order valence-electron chi connectivity index (χ2n) is 4.63. The molecule has 0 saturated carbocycles. The maximum absolute atomic E-state index is 14.0. The van der Waals surface area contributed by atoms with Crippen molar-refractivity contribution in [3.05, 3.63) is 47.8 Å². The zero-order chi connectivity index (χ0) is 15.8. The Balaban J connectivity index is 2.54. The Morgan fingerprint density at radius 3 is 2.52 bits per heavy atom. The Bertz CT molecular complexity index is 791. The summed E-state index contributed by atoms with van der Waals surface area (Å²) in [4.78, 5) is -0.503. The summed E-state index contributed by atoms with van der Waals surface area (Å²) in [5, 5.41) is 9.42. The molecule has 0 unspecified atom stereocenters. The van der Waals surface area contributed by atoms with Crippen molar-refractivity contribution in [2.24, 2.45) is 0 Å². The number of nitrogen functional groups attached to an aromatic ring is 1. The lowest BCUT2D eigenvalue weighted by atomic mass is 10.2. The average Bonchev–Trinajstić information content (AvgIpc) is 2.41. The van der Waals surface area contributed by atoms with E-state index in [1.54, 1.807) is 6.92 Å². The first-order valence-corrected chi connectivity index (χ1v) is 7.51. The molecule has 21 heavy (non-hydrogen) atoms. The molecule has 0 heterocycles. The maximum atomic E-state index is 14.0. The number of sulfonamides is 1. The van der Waals surface area contributed by atoms with Crippen LogP contribution in [0.25, 0.3) is 0 Å². The smallest absolute Gasteiger partial charge is 0.267 e. The molecule has 0 bridgehead atoms. The van der Waals surface area contributed by atoms with Gasteiger partial charge >= 0.3 is 0 Å². The van der Waals surface area contributed by atoms with Crippen molar-refractivity contribution in [2.75, 3.05) is 17.1 Å². The maximum Gasteiger partial charge on any atom is 0.267 e. The monoisotopic (exact) mass is 310 g/mol. The van der Waals surface area contributed by atoms with Crippen molar-refractivity contribution >= 4 is 21.4 Å². The number of nitrogens with two attached hydrogens (primary N) is 1. The first-order valence-electron chi connectivity index (χ1n) is 6.07. The summed E-state index contributed by atoms with van der Waals surface area (Å²) in [6.45, 7) is 1.59. The topological polar surface area (TPSA) is 83.6 Å². The van der Waals surface area contributed by atoms with E-state index in [0.717, 1.165) is 16.4 Å². The molecule has 0 atom stereocenters. The number of nitrogens with zero attached hydrogens (tertiary/aromatic N) is 1. The number of aromatic hydroxyl groups is 1. The summed E-state index contributed by atoms with van der Waals surface area (Å²) in [6.07, 6.45) is 0. The minimum atomic E-state index is -4.11. The molecule has 0 aliphatic carbocycles. The zero-order valence-corrected chi connectivity index (χ0v) is 12.4. The van der Waals surface area contributed by atoms with Gasteiger partial charge < -0.3 is 10.8 Å². The van der Waals surface area contributed by atoms with Crippen LogP contribution >= 0.6 is 0 Å². The van der Waals surface area contributed by atoms with E-state index in [9.17, 15) is 17.9 Å². The number of phenolic OH excluding ortho intramolecular Hbond substituents is 1. The fourth-order valence-electron chi connectivity index (χ4n) is 1.84. The Hall–Kier alpha value is -2.28. The molecule has 0 radical (unpaired) electrons. The quantitative estimate of drug-likeness (QED) is 0.852. The van der Waals surface area contributed by atoms with Gasteiger partial charge in [-0.05, 0) is 36.8 Å². The highest BCUT2D eigenvalue weighted by Crippen LogP contribution is 2.28. The van der Waals surface area contributed by atoms with Gasteiger partial charge in [0.15, 0.2) is 0 Å². The standard InChI is InChI=1S/C14H15FN2O3S/c1-9-6-12(15)14(8-13(9)16)21(19,20)17(2)10-4-3-5-11(18)7-10/h3-8,18H,16H2,1-2H3. The largest absolute Gasteiger partial charge is 0.508 e. The van der Waals surface area contributed by atoms with Crippen LogP contribution in [0.2, 0.25) is 0 Å². The van der Waals surface area contributed by atoms with E-state index in [2.05, 4.69) is 0 Å². The van der Waals surface area contributed by atoms with Gasteiger partial charge in [-0.15, -0.1) is 0 Å². The van der Waals surface area contributed by atoms with Crippen molar-refractivity contribution in [1.82, 2.24) is 0 Å². The molecular weight excluding hydrogens is 295 g/mol. The summed E-state index contributed by atoms with van der Waals surface area (Å²) in [5.74, 6) is -0.952. The summed E-state index contributed by atoms with van der Waals surface area (Å²) in [6, 6.07) is 7.85. The summed E-state index contributed by atoms with van der Waals surface area (Å²) >= 11 is 0. The number of rotatable bonds is 3. The Morgan fingerprint density at radius 1 is 1.24 bits per heavy atom. The van der Waals surface area contributed by atoms with Gasteiger partial charge in [-0.3, -0.25) is 4.31 Å². The predicted molar refractivity (Wildman–Crippen MR) is 79.2 cm³/mol. The molecule has 0 fully saturated rings. The lowest BCUT2D eigenvalue weighted by Gasteiger charge is -2.20. The number of anilines is 2. The molecular formula is C14H15FN2O3S. The van der Waals surface area contributed by atoms with Crippen molar-refractivity contribution < 1.29 is 17.9 Å². The van der Waals surface area contributed by atoms with E-state index in [4.69, 9.17) is 5.73 Å². The van der Waals surface area contributed by atoms with Gasteiger partial charge in [0, 0.05) is 18.8 Å². The number of halogens is 1.